The van der Waals surface area contributed by atoms with Crippen LogP contribution in [0.15, 0.2) is 0 Å². The number of nitrogens with zero attached hydrogens (tertiary/aromatic N) is 1. The van der Waals surface area contributed by atoms with Crippen molar-refractivity contribution in [2.45, 2.75) is 26.3 Å². The molecule has 0 unspecified atom stereocenters. The fraction of sp³-hybridized carbons (Fsp3) is 0.875. The van der Waals surface area contributed by atoms with E-state index in [0.717, 1.165) is 0 Å². The van der Waals surface area contributed by atoms with Gasteiger partial charge >= 0.3 is 7.82 Å². The molecular formula is C8H19N2O5P. The summed E-state index contributed by atoms with van der Waals surface area (Å²) in [5.74, 6) is -0.171. The lowest BCUT2D eigenvalue weighted by atomic mass is 10.2. The van der Waals surface area contributed by atoms with Gasteiger partial charge in [-0.15, -0.1) is 0 Å². The van der Waals surface area contributed by atoms with Gasteiger partial charge in [0, 0.05) is 13.5 Å². The molecule has 16 heavy (non-hydrogen) atoms. The van der Waals surface area contributed by atoms with Crippen molar-refractivity contribution in [3.8, 4) is 0 Å². The van der Waals surface area contributed by atoms with Crippen LogP contribution in [0.2, 0.25) is 0 Å². The van der Waals surface area contributed by atoms with Gasteiger partial charge < -0.3 is 20.4 Å². The molecule has 1 amide bonds. The van der Waals surface area contributed by atoms with Crippen molar-refractivity contribution in [2.75, 3.05) is 19.7 Å². The van der Waals surface area contributed by atoms with E-state index in [-0.39, 0.29) is 12.5 Å². The molecule has 8 heteroatoms. The first-order valence-corrected chi connectivity index (χ1v) is 6.48. The third-order valence-electron chi connectivity index (χ3n) is 2.02. The molecule has 0 aromatic heterocycles. The van der Waals surface area contributed by atoms with Crippen molar-refractivity contribution in [3.63, 3.8) is 0 Å². The predicted octanol–water partition coefficient (Wildman–Crippen LogP) is -0.318. The first-order chi connectivity index (χ1) is 7.28. The van der Waals surface area contributed by atoms with Crippen molar-refractivity contribution in [1.82, 2.24) is 4.90 Å². The van der Waals surface area contributed by atoms with Gasteiger partial charge in [-0.1, -0.05) is 0 Å². The average molecular weight is 254 g/mol. The maximum absolute atomic E-state index is 11.3. The van der Waals surface area contributed by atoms with Gasteiger partial charge in [-0.3, -0.25) is 9.32 Å². The van der Waals surface area contributed by atoms with Gasteiger partial charge in [-0.25, -0.2) is 4.57 Å². The van der Waals surface area contributed by atoms with Crippen LogP contribution < -0.4 is 5.73 Å². The predicted molar refractivity (Wildman–Crippen MR) is 58.5 cm³/mol. The smallest absolute Gasteiger partial charge is 0.338 e. The fourth-order valence-electron chi connectivity index (χ4n) is 1.24. The number of phosphoric acid groups is 1. The Balaban J connectivity index is 4.22. The van der Waals surface area contributed by atoms with Crippen LogP contribution >= 0.6 is 7.82 Å². The van der Waals surface area contributed by atoms with Crippen LogP contribution in [0.5, 0.6) is 0 Å². The summed E-state index contributed by atoms with van der Waals surface area (Å²) in [6, 6.07) is -0.392. The average Bonchev–Trinajstić information content (AvgIpc) is 2.13. The Kier molecular flexibility index (Phi) is 6.78. The van der Waals surface area contributed by atoms with Crippen LogP contribution in [0.25, 0.3) is 0 Å². The SMILES string of the molecule is CC(=O)N(CCCN)[C@@H](C)COP(=O)(O)O. The molecule has 0 aromatic carbocycles. The third kappa shape index (κ3) is 6.92. The second-order valence-corrected chi connectivity index (χ2v) is 4.73. The van der Waals surface area contributed by atoms with Crippen LogP contribution in [-0.2, 0) is 13.9 Å². The van der Waals surface area contributed by atoms with E-state index in [2.05, 4.69) is 4.52 Å². The second kappa shape index (κ2) is 6.98. The van der Waals surface area contributed by atoms with Crippen LogP contribution in [0.1, 0.15) is 20.3 Å². The van der Waals surface area contributed by atoms with E-state index in [1.54, 1.807) is 6.92 Å². The lowest BCUT2D eigenvalue weighted by molar-refractivity contribution is -0.131. The maximum Gasteiger partial charge on any atom is 0.469 e. The van der Waals surface area contributed by atoms with Crippen LogP contribution in [0.3, 0.4) is 0 Å². The molecule has 7 nitrogen and oxygen atoms in total. The largest absolute Gasteiger partial charge is 0.469 e. The Morgan fingerprint density at radius 3 is 2.50 bits per heavy atom. The van der Waals surface area contributed by atoms with Crippen molar-refractivity contribution in [2.24, 2.45) is 5.73 Å². The fourth-order valence-corrected chi connectivity index (χ4v) is 1.65. The molecule has 0 aliphatic rings. The molecule has 0 saturated carbocycles. The second-order valence-electron chi connectivity index (χ2n) is 3.49. The molecule has 0 fully saturated rings. The monoisotopic (exact) mass is 254 g/mol. The summed E-state index contributed by atoms with van der Waals surface area (Å²) in [5.41, 5.74) is 5.33. The van der Waals surface area contributed by atoms with E-state index in [9.17, 15) is 9.36 Å². The summed E-state index contributed by atoms with van der Waals surface area (Å²) in [7, 11) is -4.48. The number of phosphoric ester groups is 1. The van der Waals surface area contributed by atoms with Gasteiger partial charge in [0.05, 0.1) is 12.6 Å². The van der Waals surface area contributed by atoms with Crippen LogP contribution in [0, 0.1) is 0 Å². The molecule has 0 rings (SSSR count). The summed E-state index contributed by atoms with van der Waals surface area (Å²) < 4.78 is 14.8. The summed E-state index contributed by atoms with van der Waals surface area (Å²) >= 11 is 0. The molecule has 0 heterocycles. The highest BCUT2D eigenvalue weighted by Crippen LogP contribution is 2.35. The van der Waals surface area contributed by atoms with E-state index < -0.39 is 13.9 Å². The molecule has 0 aliphatic carbocycles. The zero-order valence-corrected chi connectivity index (χ0v) is 10.4. The molecule has 1 atom stereocenters. The molecule has 0 saturated heterocycles. The van der Waals surface area contributed by atoms with Crippen molar-refractivity contribution in [3.05, 3.63) is 0 Å². The highest BCUT2D eigenvalue weighted by molar-refractivity contribution is 7.46. The van der Waals surface area contributed by atoms with E-state index in [4.69, 9.17) is 15.5 Å². The lowest BCUT2D eigenvalue weighted by Gasteiger charge is -2.27. The quantitative estimate of drug-likeness (QED) is 0.537. The summed E-state index contributed by atoms with van der Waals surface area (Å²) in [6.07, 6.45) is 0.639. The van der Waals surface area contributed by atoms with E-state index in [1.807, 2.05) is 0 Å². The van der Waals surface area contributed by atoms with Crippen molar-refractivity contribution >= 4 is 13.7 Å². The van der Waals surface area contributed by atoms with E-state index in [1.165, 1.54) is 11.8 Å². The van der Waals surface area contributed by atoms with Gasteiger partial charge in [0.1, 0.15) is 0 Å². The highest BCUT2D eigenvalue weighted by atomic mass is 31.2. The van der Waals surface area contributed by atoms with Gasteiger partial charge in [0.2, 0.25) is 5.91 Å². The van der Waals surface area contributed by atoms with Crippen LogP contribution in [0.4, 0.5) is 0 Å². The Morgan fingerprint density at radius 1 is 1.56 bits per heavy atom. The van der Waals surface area contributed by atoms with E-state index >= 15 is 0 Å². The molecule has 0 spiro atoms. The molecule has 0 radical (unpaired) electrons. The Hall–Kier alpha value is -0.460. The highest BCUT2D eigenvalue weighted by Gasteiger charge is 2.21. The van der Waals surface area contributed by atoms with Crippen molar-refractivity contribution < 1.29 is 23.7 Å². The Labute approximate surface area is 94.8 Å². The number of hydrogen-bond acceptors (Lipinski definition) is 4. The number of carbonyl (C=O) groups is 1. The first-order valence-electron chi connectivity index (χ1n) is 4.95. The van der Waals surface area contributed by atoms with Crippen molar-refractivity contribution in [1.29, 1.82) is 0 Å². The zero-order chi connectivity index (χ0) is 12.8. The number of carbonyl (C=O) groups excluding carboxylic acids is 1. The molecule has 96 valence electrons. The number of hydrogen-bond donors (Lipinski definition) is 3. The zero-order valence-electron chi connectivity index (χ0n) is 9.50. The Morgan fingerprint density at radius 2 is 2.12 bits per heavy atom. The standard InChI is InChI=1S/C8H19N2O5P/c1-7(6-15-16(12,13)14)10(8(2)11)5-3-4-9/h7H,3-6,9H2,1-2H3,(H2,12,13,14)/t7-/m0/s1. The third-order valence-corrected chi connectivity index (χ3v) is 2.51. The minimum Gasteiger partial charge on any atom is -0.338 e. The van der Waals surface area contributed by atoms with E-state index in [0.29, 0.717) is 19.5 Å². The molecule has 0 bridgehead atoms. The van der Waals surface area contributed by atoms with Gasteiger partial charge in [0.15, 0.2) is 0 Å². The number of nitrogens with two attached hydrogens (primary N) is 1. The summed E-state index contributed by atoms with van der Waals surface area (Å²) in [5, 5.41) is 0. The van der Waals surface area contributed by atoms with Gasteiger partial charge in [0.25, 0.3) is 0 Å². The summed E-state index contributed by atoms with van der Waals surface area (Å²) in [6.45, 7) is 3.76. The van der Waals surface area contributed by atoms with Gasteiger partial charge in [-0.2, -0.15) is 0 Å². The molecule has 0 aliphatic heterocycles. The first kappa shape index (κ1) is 15.5. The normalized spacial score (nSPS) is 13.6. The number of amides is 1. The Bertz CT molecular complexity index is 267. The minimum atomic E-state index is -4.48. The maximum atomic E-state index is 11.3. The summed E-state index contributed by atoms with van der Waals surface area (Å²) in [4.78, 5) is 29.8. The van der Waals surface area contributed by atoms with Crippen LogP contribution in [-0.4, -0.2) is 46.3 Å². The lowest BCUT2D eigenvalue weighted by Crippen LogP contribution is -2.40. The minimum absolute atomic E-state index is 0.171. The topological polar surface area (TPSA) is 113 Å². The molecule has 4 N–H and O–H groups in total. The number of rotatable bonds is 7. The molecular weight excluding hydrogens is 235 g/mol. The van der Waals surface area contributed by atoms with Gasteiger partial charge in [-0.05, 0) is 19.9 Å². The molecule has 0 aromatic rings.